The fourth-order valence-corrected chi connectivity index (χ4v) is 2.00. The molecule has 0 fully saturated rings. The van der Waals surface area contributed by atoms with E-state index in [4.69, 9.17) is 5.73 Å². The summed E-state index contributed by atoms with van der Waals surface area (Å²) in [5.74, 6) is -0.326. The monoisotopic (exact) mass is 297 g/mol. The van der Waals surface area contributed by atoms with Crippen molar-refractivity contribution in [1.82, 2.24) is 9.78 Å². The second-order valence-corrected chi connectivity index (χ2v) is 4.74. The maximum Gasteiger partial charge on any atom is 0.133 e. The first kappa shape index (κ1) is 12.1. The van der Waals surface area contributed by atoms with Gasteiger partial charge in [0.15, 0.2) is 0 Å². The lowest BCUT2D eigenvalue weighted by molar-refractivity contribution is 0.601. The summed E-state index contributed by atoms with van der Waals surface area (Å²) in [6.45, 7) is 2.83. The fourth-order valence-electron chi connectivity index (χ4n) is 1.67. The number of anilines is 1. The molecule has 0 amide bonds. The lowest BCUT2D eigenvalue weighted by atomic mass is 10.1. The third-order valence-corrected chi connectivity index (χ3v) is 2.92. The zero-order chi connectivity index (χ0) is 12.4. The number of hydrogen-bond donors (Lipinski definition) is 1. The van der Waals surface area contributed by atoms with Gasteiger partial charge in [0.25, 0.3) is 0 Å². The summed E-state index contributed by atoms with van der Waals surface area (Å²) in [6.07, 6.45) is 2.70. The van der Waals surface area contributed by atoms with Crippen LogP contribution in [-0.2, 0) is 6.54 Å². The highest BCUT2D eigenvalue weighted by molar-refractivity contribution is 9.10. The van der Waals surface area contributed by atoms with E-state index in [1.54, 1.807) is 23.0 Å². The molecule has 0 aliphatic rings. The number of nitrogen functional groups attached to an aromatic ring is 1. The van der Waals surface area contributed by atoms with E-state index in [1.165, 1.54) is 6.07 Å². The van der Waals surface area contributed by atoms with Crippen LogP contribution in [0.25, 0.3) is 11.3 Å². The van der Waals surface area contributed by atoms with Crippen LogP contribution in [0.5, 0.6) is 0 Å². The zero-order valence-corrected chi connectivity index (χ0v) is 11.0. The van der Waals surface area contributed by atoms with Crippen molar-refractivity contribution in [3.8, 4) is 11.3 Å². The first-order chi connectivity index (χ1) is 8.11. The molecule has 0 saturated heterocycles. The number of nitrogens with two attached hydrogens (primary N) is 1. The fraction of sp³-hybridized carbons (Fsp3) is 0.250. The van der Waals surface area contributed by atoms with Crippen LogP contribution < -0.4 is 5.73 Å². The van der Waals surface area contributed by atoms with Gasteiger partial charge in [0.1, 0.15) is 11.5 Å². The number of rotatable bonds is 3. The third kappa shape index (κ3) is 2.49. The van der Waals surface area contributed by atoms with Crippen LogP contribution in [0.2, 0.25) is 0 Å². The minimum Gasteiger partial charge on any atom is -0.396 e. The van der Waals surface area contributed by atoms with Gasteiger partial charge < -0.3 is 5.73 Å². The molecule has 1 aromatic heterocycles. The summed E-state index contributed by atoms with van der Waals surface area (Å²) < 4.78 is 16.2. The van der Waals surface area contributed by atoms with E-state index in [0.29, 0.717) is 21.4 Å². The van der Waals surface area contributed by atoms with Crippen LogP contribution in [0.3, 0.4) is 0 Å². The Hall–Kier alpha value is -1.36. The van der Waals surface area contributed by atoms with Crippen molar-refractivity contribution in [2.24, 2.45) is 0 Å². The lowest BCUT2D eigenvalue weighted by Gasteiger charge is -2.01. The number of aromatic nitrogens is 2. The molecule has 0 radical (unpaired) electrons. The third-order valence-electron chi connectivity index (χ3n) is 2.43. The average Bonchev–Trinajstić information content (AvgIpc) is 2.60. The van der Waals surface area contributed by atoms with Gasteiger partial charge in [-0.15, -0.1) is 0 Å². The Morgan fingerprint density at radius 3 is 2.88 bits per heavy atom. The Morgan fingerprint density at radius 2 is 2.24 bits per heavy atom. The highest BCUT2D eigenvalue weighted by Gasteiger charge is 2.12. The van der Waals surface area contributed by atoms with Gasteiger partial charge in [-0.25, -0.2) is 4.39 Å². The van der Waals surface area contributed by atoms with Crippen LogP contribution in [0.1, 0.15) is 13.3 Å². The van der Waals surface area contributed by atoms with Gasteiger partial charge in [-0.3, -0.25) is 4.68 Å². The Labute approximate surface area is 108 Å². The van der Waals surface area contributed by atoms with E-state index < -0.39 is 0 Å². The average molecular weight is 298 g/mol. The zero-order valence-electron chi connectivity index (χ0n) is 9.45. The first-order valence-electron chi connectivity index (χ1n) is 5.40. The van der Waals surface area contributed by atoms with Crippen LogP contribution in [0.4, 0.5) is 10.1 Å². The van der Waals surface area contributed by atoms with Crippen molar-refractivity contribution in [2.45, 2.75) is 19.9 Å². The molecular formula is C12H13BrFN3. The van der Waals surface area contributed by atoms with Gasteiger partial charge in [0, 0.05) is 22.8 Å². The molecule has 17 heavy (non-hydrogen) atoms. The van der Waals surface area contributed by atoms with E-state index >= 15 is 0 Å². The molecule has 3 nitrogen and oxygen atoms in total. The molecule has 2 aromatic rings. The van der Waals surface area contributed by atoms with Gasteiger partial charge in [-0.05, 0) is 24.6 Å². The lowest BCUT2D eigenvalue weighted by Crippen LogP contribution is -1.97. The van der Waals surface area contributed by atoms with Crippen molar-refractivity contribution in [2.75, 3.05) is 5.73 Å². The van der Waals surface area contributed by atoms with Crippen molar-refractivity contribution in [3.63, 3.8) is 0 Å². The molecule has 90 valence electrons. The number of hydrogen-bond acceptors (Lipinski definition) is 2. The highest BCUT2D eigenvalue weighted by Crippen LogP contribution is 2.28. The van der Waals surface area contributed by atoms with Crippen LogP contribution in [0.15, 0.2) is 28.9 Å². The molecular weight excluding hydrogens is 285 g/mol. The second-order valence-electron chi connectivity index (χ2n) is 3.82. The van der Waals surface area contributed by atoms with E-state index in [2.05, 4.69) is 28.0 Å². The van der Waals surface area contributed by atoms with Gasteiger partial charge in [-0.2, -0.15) is 5.10 Å². The molecule has 0 aliphatic heterocycles. The summed E-state index contributed by atoms with van der Waals surface area (Å²) in [6, 6.07) is 4.86. The number of nitrogens with zero attached hydrogens (tertiary/aromatic N) is 2. The molecule has 0 spiro atoms. The van der Waals surface area contributed by atoms with Crippen LogP contribution >= 0.6 is 15.9 Å². The SMILES string of the molecule is CCCn1cc(N)c(-c2ccc(Br)cc2F)n1. The first-order valence-corrected chi connectivity index (χ1v) is 6.19. The van der Waals surface area contributed by atoms with E-state index in [0.717, 1.165) is 13.0 Å². The van der Waals surface area contributed by atoms with E-state index in [-0.39, 0.29) is 5.82 Å². The summed E-state index contributed by atoms with van der Waals surface area (Å²) in [5, 5.41) is 4.30. The Morgan fingerprint density at radius 1 is 1.47 bits per heavy atom. The largest absolute Gasteiger partial charge is 0.396 e. The van der Waals surface area contributed by atoms with E-state index in [9.17, 15) is 4.39 Å². The normalized spacial score (nSPS) is 10.8. The van der Waals surface area contributed by atoms with Crippen molar-refractivity contribution in [1.29, 1.82) is 0 Å². The Kier molecular flexibility index (Phi) is 3.47. The molecule has 0 bridgehead atoms. The standard InChI is InChI=1S/C12H13BrFN3/c1-2-5-17-7-11(15)12(16-17)9-4-3-8(13)6-10(9)14/h3-4,6-7H,2,5,15H2,1H3. The maximum absolute atomic E-state index is 13.8. The smallest absolute Gasteiger partial charge is 0.133 e. The van der Waals surface area contributed by atoms with Crippen LogP contribution in [0, 0.1) is 5.82 Å². The predicted molar refractivity (Wildman–Crippen MR) is 70.0 cm³/mol. The molecule has 0 saturated carbocycles. The number of benzene rings is 1. The molecule has 1 aromatic carbocycles. The van der Waals surface area contributed by atoms with Gasteiger partial charge in [-0.1, -0.05) is 22.9 Å². The minimum absolute atomic E-state index is 0.326. The Balaban J connectivity index is 2.45. The number of aryl methyl sites for hydroxylation is 1. The van der Waals surface area contributed by atoms with Crippen molar-refractivity contribution >= 4 is 21.6 Å². The molecule has 2 rings (SSSR count). The molecule has 2 N–H and O–H groups in total. The summed E-state index contributed by atoms with van der Waals surface area (Å²) in [5.41, 5.74) is 7.28. The second kappa shape index (κ2) is 4.87. The van der Waals surface area contributed by atoms with E-state index in [1.807, 2.05) is 0 Å². The van der Waals surface area contributed by atoms with Crippen molar-refractivity contribution in [3.05, 3.63) is 34.7 Å². The highest BCUT2D eigenvalue weighted by atomic mass is 79.9. The predicted octanol–water partition coefficient (Wildman–Crippen LogP) is 3.44. The van der Waals surface area contributed by atoms with Gasteiger partial charge in [0.05, 0.1) is 5.69 Å². The summed E-state index contributed by atoms with van der Waals surface area (Å²) >= 11 is 3.22. The maximum atomic E-state index is 13.8. The molecule has 0 aliphatic carbocycles. The van der Waals surface area contributed by atoms with Crippen LogP contribution in [-0.4, -0.2) is 9.78 Å². The molecule has 0 unspecified atom stereocenters. The molecule has 0 atom stereocenters. The quantitative estimate of drug-likeness (QED) is 0.943. The minimum atomic E-state index is -0.326. The van der Waals surface area contributed by atoms with Gasteiger partial charge in [0.2, 0.25) is 0 Å². The topological polar surface area (TPSA) is 43.8 Å². The number of halogens is 2. The summed E-state index contributed by atoms with van der Waals surface area (Å²) in [7, 11) is 0. The molecule has 1 heterocycles. The Bertz CT molecular complexity index is 537. The van der Waals surface area contributed by atoms with Gasteiger partial charge >= 0.3 is 0 Å². The van der Waals surface area contributed by atoms with Crippen molar-refractivity contribution < 1.29 is 4.39 Å². The summed E-state index contributed by atoms with van der Waals surface area (Å²) in [4.78, 5) is 0. The molecule has 5 heteroatoms.